The molecular formula is C13H17NOS. The van der Waals surface area contributed by atoms with Crippen molar-refractivity contribution in [2.45, 2.75) is 30.6 Å². The van der Waals surface area contributed by atoms with Gasteiger partial charge in [0, 0.05) is 6.04 Å². The Morgan fingerprint density at radius 3 is 2.81 bits per heavy atom. The first-order valence-electron chi connectivity index (χ1n) is 5.63. The lowest BCUT2D eigenvalue weighted by Gasteiger charge is -2.08. The van der Waals surface area contributed by atoms with E-state index >= 15 is 0 Å². The van der Waals surface area contributed by atoms with Crippen LogP contribution in [0.15, 0.2) is 43.0 Å². The van der Waals surface area contributed by atoms with E-state index in [4.69, 9.17) is 0 Å². The highest BCUT2D eigenvalue weighted by Gasteiger charge is 2.28. The van der Waals surface area contributed by atoms with Crippen molar-refractivity contribution in [2.24, 2.45) is 0 Å². The van der Waals surface area contributed by atoms with E-state index in [1.165, 1.54) is 5.56 Å². The van der Waals surface area contributed by atoms with Crippen LogP contribution in [0.5, 0.6) is 0 Å². The summed E-state index contributed by atoms with van der Waals surface area (Å²) in [5, 5.41) is 0.126. The zero-order valence-electron chi connectivity index (χ0n) is 9.26. The molecule has 1 aliphatic rings. The van der Waals surface area contributed by atoms with Crippen LogP contribution >= 0.6 is 0 Å². The van der Waals surface area contributed by atoms with Crippen molar-refractivity contribution in [1.82, 2.24) is 4.72 Å². The largest absolute Gasteiger partial charge is 0.242 e. The molecule has 2 rings (SSSR count). The lowest BCUT2D eigenvalue weighted by atomic mass is 10.0. The van der Waals surface area contributed by atoms with Gasteiger partial charge in [0.25, 0.3) is 0 Å². The standard InChI is InChI=1S/C13H17NOS/c1-2-13-10-12(14-16(13)15)9-8-11-6-4-3-5-7-11/h2-7,12-14H,1,8-10H2/t12-,13+,16?/m0/s1. The van der Waals surface area contributed by atoms with Gasteiger partial charge in [0.2, 0.25) is 0 Å². The van der Waals surface area contributed by atoms with Crippen molar-refractivity contribution in [2.75, 3.05) is 0 Å². The molecule has 16 heavy (non-hydrogen) atoms. The summed E-state index contributed by atoms with van der Waals surface area (Å²) in [7, 11) is -0.917. The van der Waals surface area contributed by atoms with Gasteiger partial charge in [0.05, 0.1) is 16.2 Å². The minimum absolute atomic E-state index is 0.126. The summed E-state index contributed by atoms with van der Waals surface area (Å²) < 4.78 is 14.7. The van der Waals surface area contributed by atoms with Gasteiger partial charge in [-0.05, 0) is 24.8 Å². The van der Waals surface area contributed by atoms with Crippen LogP contribution in [0.4, 0.5) is 0 Å². The summed E-state index contributed by atoms with van der Waals surface area (Å²) in [6.45, 7) is 3.71. The van der Waals surface area contributed by atoms with Gasteiger partial charge in [0.15, 0.2) is 0 Å². The van der Waals surface area contributed by atoms with Crippen LogP contribution in [0.1, 0.15) is 18.4 Å². The minimum atomic E-state index is -0.917. The second-order valence-electron chi connectivity index (χ2n) is 4.15. The number of hydrogen-bond donors (Lipinski definition) is 1. The molecule has 86 valence electrons. The number of hydrogen-bond acceptors (Lipinski definition) is 1. The molecule has 0 aliphatic carbocycles. The number of rotatable bonds is 4. The second kappa shape index (κ2) is 5.41. The Labute approximate surface area is 99.4 Å². The molecule has 1 aromatic rings. The van der Waals surface area contributed by atoms with E-state index in [0.29, 0.717) is 6.04 Å². The lowest BCUT2D eigenvalue weighted by molar-refractivity contribution is 0.573. The molecule has 0 radical (unpaired) electrons. The summed E-state index contributed by atoms with van der Waals surface area (Å²) in [5.41, 5.74) is 1.34. The predicted molar refractivity (Wildman–Crippen MR) is 68.4 cm³/mol. The molecule has 0 saturated carbocycles. The van der Waals surface area contributed by atoms with Crippen LogP contribution in [0, 0.1) is 0 Å². The molecule has 1 fully saturated rings. The summed E-state index contributed by atoms with van der Waals surface area (Å²) in [4.78, 5) is 0. The molecule has 0 aromatic heterocycles. The van der Waals surface area contributed by atoms with Gasteiger partial charge in [-0.15, -0.1) is 6.58 Å². The Kier molecular flexibility index (Phi) is 3.91. The summed E-state index contributed by atoms with van der Waals surface area (Å²) in [6.07, 6.45) is 4.83. The third-order valence-corrected chi connectivity index (χ3v) is 4.46. The molecular weight excluding hydrogens is 218 g/mol. The summed E-state index contributed by atoms with van der Waals surface area (Å²) in [5.74, 6) is 0. The van der Waals surface area contributed by atoms with Crippen molar-refractivity contribution in [3.8, 4) is 0 Å². The molecule has 0 bridgehead atoms. The van der Waals surface area contributed by atoms with Gasteiger partial charge in [-0.2, -0.15) is 0 Å². The molecule has 3 atom stereocenters. The van der Waals surface area contributed by atoms with Gasteiger partial charge < -0.3 is 0 Å². The van der Waals surface area contributed by atoms with E-state index in [2.05, 4.69) is 35.6 Å². The number of nitrogens with one attached hydrogen (secondary N) is 1. The zero-order valence-corrected chi connectivity index (χ0v) is 10.1. The Morgan fingerprint density at radius 1 is 1.44 bits per heavy atom. The molecule has 1 N–H and O–H groups in total. The van der Waals surface area contributed by atoms with E-state index in [0.717, 1.165) is 19.3 Å². The fraction of sp³-hybridized carbons (Fsp3) is 0.385. The maximum Gasteiger partial charge on any atom is 0.0989 e. The Hall–Kier alpha value is -0.930. The summed E-state index contributed by atoms with van der Waals surface area (Å²) in [6, 6.07) is 10.8. The van der Waals surface area contributed by atoms with E-state index in [1.54, 1.807) is 6.08 Å². The van der Waals surface area contributed by atoms with Crippen LogP contribution < -0.4 is 4.72 Å². The van der Waals surface area contributed by atoms with E-state index < -0.39 is 11.0 Å². The fourth-order valence-corrected chi connectivity index (χ4v) is 3.31. The van der Waals surface area contributed by atoms with Gasteiger partial charge in [-0.25, -0.2) is 8.93 Å². The molecule has 1 unspecified atom stereocenters. The SMILES string of the molecule is C=C[C@@H]1C[C@H](CCc2ccccc2)NS1=O. The van der Waals surface area contributed by atoms with Crippen molar-refractivity contribution >= 4 is 11.0 Å². The highest BCUT2D eigenvalue weighted by molar-refractivity contribution is 7.84. The highest BCUT2D eigenvalue weighted by Crippen LogP contribution is 2.18. The van der Waals surface area contributed by atoms with Crippen LogP contribution in [0.2, 0.25) is 0 Å². The molecule has 1 aliphatic heterocycles. The van der Waals surface area contributed by atoms with Crippen LogP contribution in [0.25, 0.3) is 0 Å². The van der Waals surface area contributed by atoms with Crippen molar-refractivity contribution in [1.29, 1.82) is 0 Å². The first-order valence-corrected chi connectivity index (χ1v) is 6.84. The Morgan fingerprint density at radius 2 is 2.19 bits per heavy atom. The topological polar surface area (TPSA) is 29.1 Å². The van der Waals surface area contributed by atoms with Gasteiger partial charge in [-0.3, -0.25) is 0 Å². The van der Waals surface area contributed by atoms with Gasteiger partial charge in [0.1, 0.15) is 0 Å². The van der Waals surface area contributed by atoms with Crippen LogP contribution in [0.3, 0.4) is 0 Å². The minimum Gasteiger partial charge on any atom is -0.242 e. The van der Waals surface area contributed by atoms with E-state index in [9.17, 15) is 4.21 Å². The van der Waals surface area contributed by atoms with Crippen molar-refractivity contribution in [3.05, 3.63) is 48.6 Å². The van der Waals surface area contributed by atoms with Gasteiger partial charge >= 0.3 is 0 Å². The second-order valence-corrected chi connectivity index (χ2v) is 5.58. The molecule has 1 saturated heterocycles. The van der Waals surface area contributed by atoms with E-state index in [1.807, 2.05) is 6.07 Å². The molecule has 3 heteroatoms. The fourth-order valence-electron chi connectivity index (χ4n) is 2.01. The molecule has 1 heterocycles. The van der Waals surface area contributed by atoms with Crippen molar-refractivity contribution in [3.63, 3.8) is 0 Å². The first-order chi connectivity index (χ1) is 7.79. The summed E-state index contributed by atoms with van der Waals surface area (Å²) >= 11 is 0. The monoisotopic (exact) mass is 235 g/mol. The quantitative estimate of drug-likeness (QED) is 0.796. The first kappa shape index (κ1) is 11.6. The third-order valence-electron chi connectivity index (χ3n) is 2.96. The molecule has 0 amide bonds. The average molecular weight is 235 g/mol. The van der Waals surface area contributed by atoms with Crippen LogP contribution in [-0.2, 0) is 17.4 Å². The Bertz CT molecular complexity index is 377. The molecule has 2 nitrogen and oxygen atoms in total. The van der Waals surface area contributed by atoms with Gasteiger partial charge in [-0.1, -0.05) is 36.4 Å². The number of benzene rings is 1. The normalized spacial score (nSPS) is 29.1. The zero-order chi connectivity index (χ0) is 11.4. The molecule has 1 aromatic carbocycles. The lowest BCUT2D eigenvalue weighted by Crippen LogP contribution is -2.22. The predicted octanol–water partition coefficient (Wildman–Crippen LogP) is 2.20. The Balaban J connectivity index is 1.84. The van der Waals surface area contributed by atoms with Crippen LogP contribution in [-0.4, -0.2) is 15.5 Å². The van der Waals surface area contributed by atoms with E-state index in [-0.39, 0.29) is 5.25 Å². The molecule has 0 spiro atoms. The number of aryl methyl sites for hydroxylation is 1. The maximum absolute atomic E-state index is 11.6. The highest BCUT2D eigenvalue weighted by atomic mass is 32.2. The van der Waals surface area contributed by atoms with Crippen molar-refractivity contribution < 1.29 is 4.21 Å². The maximum atomic E-state index is 11.6. The average Bonchev–Trinajstić information content (AvgIpc) is 2.69. The smallest absolute Gasteiger partial charge is 0.0989 e. The third kappa shape index (κ3) is 2.80.